The minimum Gasteiger partial charge on any atom is -0.302 e. The Morgan fingerprint density at radius 1 is 1.10 bits per heavy atom. The lowest BCUT2D eigenvalue weighted by atomic mass is 10.1. The molecule has 56 valence electrons. The van der Waals surface area contributed by atoms with Gasteiger partial charge in [-0.15, -0.1) is 0 Å². The number of rotatable bonds is 1. The van der Waals surface area contributed by atoms with Crippen LogP contribution in [0.4, 0.5) is 0 Å². The Morgan fingerprint density at radius 2 is 1.60 bits per heavy atom. The van der Waals surface area contributed by atoms with Crippen LogP contribution in [-0.2, 0) is 0 Å². The van der Waals surface area contributed by atoms with Crippen LogP contribution >= 0.6 is 0 Å². The zero-order valence-corrected chi connectivity index (χ0v) is 6.89. The maximum Gasteiger partial charge on any atom is 0.0445 e. The molecule has 1 aliphatic carbocycles. The fourth-order valence-corrected chi connectivity index (χ4v) is 1.03. The van der Waals surface area contributed by atoms with E-state index >= 15 is 0 Å². The van der Waals surface area contributed by atoms with Crippen LogP contribution in [0.3, 0.4) is 0 Å². The fourth-order valence-electron chi connectivity index (χ4n) is 1.03. The monoisotopic (exact) mass is 137 g/mol. The van der Waals surface area contributed by atoms with E-state index in [0.29, 0.717) is 6.04 Å². The topological polar surface area (TPSA) is 12.0 Å². The molecule has 0 fully saturated rings. The first kappa shape index (κ1) is 7.55. The van der Waals surface area contributed by atoms with Gasteiger partial charge in [0.25, 0.3) is 0 Å². The molecule has 0 unspecified atom stereocenters. The Morgan fingerprint density at radius 3 is 2.00 bits per heavy atom. The summed E-state index contributed by atoms with van der Waals surface area (Å²) in [5, 5.41) is 3.44. The zero-order chi connectivity index (χ0) is 7.61. The fraction of sp³-hybridized carbons (Fsp3) is 0.556. The zero-order valence-electron chi connectivity index (χ0n) is 6.89. The van der Waals surface area contributed by atoms with Gasteiger partial charge in [-0.2, -0.15) is 0 Å². The molecule has 0 aromatic rings. The van der Waals surface area contributed by atoms with Crippen LogP contribution in [0.15, 0.2) is 24.3 Å². The summed E-state index contributed by atoms with van der Waals surface area (Å²) in [7, 11) is 0. The second kappa shape index (κ2) is 2.59. The summed E-state index contributed by atoms with van der Waals surface area (Å²) in [5.74, 6) is 0. The van der Waals surface area contributed by atoms with Crippen LogP contribution in [0.1, 0.15) is 20.8 Å². The molecule has 0 aromatic carbocycles. The average molecular weight is 137 g/mol. The van der Waals surface area contributed by atoms with Gasteiger partial charge in [-0.1, -0.05) is 24.3 Å². The summed E-state index contributed by atoms with van der Waals surface area (Å²) in [6.45, 7) is 6.52. The quantitative estimate of drug-likeness (QED) is 0.581. The molecule has 1 nitrogen and oxygen atoms in total. The third-order valence-electron chi connectivity index (χ3n) is 1.35. The maximum atomic E-state index is 3.44. The Balaban J connectivity index is 2.40. The summed E-state index contributed by atoms with van der Waals surface area (Å²) < 4.78 is 0. The first-order valence-electron chi connectivity index (χ1n) is 3.71. The van der Waals surface area contributed by atoms with E-state index in [1.54, 1.807) is 0 Å². The molecule has 10 heavy (non-hydrogen) atoms. The van der Waals surface area contributed by atoms with Gasteiger partial charge in [0, 0.05) is 11.6 Å². The van der Waals surface area contributed by atoms with Gasteiger partial charge in [-0.05, 0) is 20.8 Å². The number of hydrogen-bond donors (Lipinski definition) is 1. The lowest BCUT2D eigenvalue weighted by molar-refractivity contribution is 0.420. The third-order valence-corrected chi connectivity index (χ3v) is 1.35. The van der Waals surface area contributed by atoms with Crippen molar-refractivity contribution in [3.8, 4) is 0 Å². The average Bonchev–Trinajstić information content (AvgIpc) is 2.12. The summed E-state index contributed by atoms with van der Waals surface area (Å²) in [6, 6.07) is 0.444. The second-order valence-electron chi connectivity index (χ2n) is 3.69. The van der Waals surface area contributed by atoms with Crippen LogP contribution in [0.5, 0.6) is 0 Å². The molecule has 1 rings (SSSR count). The van der Waals surface area contributed by atoms with Gasteiger partial charge < -0.3 is 5.32 Å². The van der Waals surface area contributed by atoms with E-state index < -0.39 is 0 Å². The highest BCUT2D eigenvalue weighted by atomic mass is 15.0. The third kappa shape index (κ3) is 2.36. The lowest BCUT2D eigenvalue weighted by Crippen LogP contribution is -2.41. The Kier molecular flexibility index (Phi) is 1.95. The molecule has 1 N–H and O–H groups in total. The molecule has 1 aliphatic rings. The molecule has 0 saturated carbocycles. The lowest BCUT2D eigenvalue weighted by Gasteiger charge is -2.23. The molecular weight excluding hydrogens is 122 g/mol. The van der Waals surface area contributed by atoms with Gasteiger partial charge in [0.15, 0.2) is 0 Å². The van der Waals surface area contributed by atoms with Crippen molar-refractivity contribution >= 4 is 0 Å². The van der Waals surface area contributed by atoms with Crippen LogP contribution in [-0.4, -0.2) is 11.6 Å². The molecule has 0 aromatic heterocycles. The molecule has 0 heterocycles. The Hall–Kier alpha value is -0.560. The predicted molar refractivity (Wildman–Crippen MR) is 45.0 cm³/mol. The van der Waals surface area contributed by atoms with Gasteiger partial charge in [-0.3, -0.25) is 0 Å². The van der Waals surface area contributed by atoms with Crippen molar-refractivity contribution in [3.05, 3.63) is 24.3 Å². The van der Waals surface area contributed by atoms with E-state index in [1.807, 2.05) is 0 Å². The first-order chi connectivity index (χ1) is 4.58. The second-order valence-corrected chi connectivity index (χ2v) is 3.69. The molecule has 0 amide bonds. The minimum absolute atomic E-state index is 0.212. The van der Waals surface area contributed by atoms with Crippen molar-refractivity contribution in [3.63, 3.8) is 0 Å². The molecule has 0 bridgehead atoms. The van der Waals surface area contributed by atoms with Crippen molar-refractivity contribution in [2.45, 2.75) is 32.4 Å². The molecule has 1 heteroatoms. The van der Waals surface area contributed by atoms with Crippen molar-refractivity contribution in [1.82, 2.24) is 5.32 Å². The smallest absolute Gasteiger partial charge is 0.0445 e. The number of hydrogen-bond acceptors (Lipinski definition) is 1. The maximum absolute atomic E-state index is 3.44. The SMILES string of the molecule is CC(C)(C)NC1C=CC=C1. The first-order valence-corrected chi connectivity index (χ1v) is 3.71. The largest absolute Gasteiger partial charge is 0.302 e. The van der Waals surface area contributed by atoms with E-state index in [0.717, 1.165) is 0 Å². The van der Waals surface area contributed by atoms with Gasteiger partial charge >= 0.3 is 0 Å². The summed E-state index contributed by atoms with van der Waals surface area (Å²) in [4.78, 5) is 0. The summed E-state index contributed by atoms with van der Waals surface area (Å²) >= 11 is 0. The van der Waals surface area contributed by atoms with Gasteiger partial charge in [0.1, 0.15) is 0 Å². The normalized spacial score (nSPS) is 18.7. The molecule has 0 saturated heterocycles. The van der Waals surface area contributed by atoms with Crippen LogP contribution in [0.25, 0.3) is 0 Å². The predicted octanol–water partition coefficient (Wildman–Crippen LogP) is 1.87. The van der Waals surface area contributed by atoms with Crippen molar-refractivity contribution in [2.24, 2.45) is 0 Å². The molecule has 0 radical (unpaired) electrons. The Labute approximate surface area is 62.8 Å². The highest BCUT2D eigenvalue weighted by Gasteiger charge is 2.13. The molecule has 0 aliphatic heterocycles. The minimum atomic E-state index is 0.212. The standard InChI is InChI=1S/C9H15N/c1-9(2,3)10-8-6-4-5-7-8/h4-8,10H,1-3H3. The highest BCUT2D eigenvalue weighted by Crippen LogP contribution is 2.06. The molecule has 0 atom stereocenters. The van der Waals surface area contributed by atoms with Gasteiger partial charge in [-0.25, -0.2) is 0 Å². The van der Waals surface area contributed by atoms with E-state index in [4.69, 9.17) is 0 Å². The Bertz CT molecular complexity index is 148. The van der Waals surface area contributed by atoms with Crippen molar-refractivity contribution in [2.75, 3.05) is 0 Å². The molecular formula is C9H15N. The summed E-state index contributed by atoms with van der Waals surface area (Å²) in [6.07, 6.45) is 8.46. The number of nitrogens with one attached hydrogen (secondary N) is 1. The van der Waals surface area contributed by atoms with Crippen LogP contribution < -0.4 is 5.32 Å². The van der Waals surface area contributed by atoms with Crippen molar-refractivity contribution < 1.29 is 0 Å². The van der Waals surface area contributed by atoms with Crippen LogP contribution in [0.2, 0.25) is 0 Å². The number of allylic oxidation sites excluding steroid dienone is 2. The van der Waals surface area contributed by atoms with Crippen LogP contribution in [0, 0.1) is 0 Å². The van der Waals surface area contributed by atoms with E-state index in [1.165, 1.54) is 0 Å². The van der Waals surface area contributed by atoms with E-state index in [-0.39, 0.29) is 5.54 Å². The van der Waals surface area contributed by atoms with E-state index in [2.05, 4.69) is 50.4 Å². The van der Waals surface area contributed by atoms with Gasteiger partial charge in [0.2, 0.25) is 0 Å². The molecule has 0 spiro atoms. The highest BCUT2D eigenvalue weighted by molar-refractivity contribution is 5.21. The van der Waals surface area contributed by atoms with Crippen molar-refractivity contribution in [1.29, 1.82) is 0 Å². The van der Waals surface area contributed by atoms with E-state index in [9.17, 15) is 0 Å². The van der Waals surface area contributed by atoms with Gasteiger partial charge in [0.05, 0.1) is 0 Å². The summed E-state index contributed by atoms with van der Waals surface area (Å²) in [5.41, 5.74) is 0.212.